The predicted octanol–water partition coefficient (Wildman–Crippen LogP) is 4.15. The van der Waals surface area contributed by atoms with Gasteiger partial charge < -0.3 is 4.98 Å². The predicted molar refractivity (Wildman–Crippen MR) is 79.9 cm³/mol. The van der Waals surface area contributed by atoms with Gasteiger partial charge in [-0.05, 0) is 55.2 Å². The fourth-order valence-electron chi connectivity index (χ4n) is 3.02. The smallest absolute Gasteiger partial charge is 0.125 e. The van der Waals surface area contributed by atoms with E-state index in [-0.39, 0.29) is 5.82 Å². The SMILES string of the molecule is CSN1CCCC(c2c[nH]c3cc(F)ccc23)CC1. The highest BCUT2D eigenvalue weighted by atomic mass is 32.2. The van der Waals surface area contributed by atoms with Crippen molar-refractivity contribution < 1.29 is 4.39 Å². The van der Waals surface area contributed by atoms with Crippen LogP contribution in [0.4, 0.5) is 4.39 Å². The number of hydrogen-bond donors (Lipinski definition) is 1. The van der Waals surface area contributed by atoms with Crippen LogP contribution < -0.4 is 0 Å². The third-order valence-corrected chi connectivity index (χ3v) is 4.94. The molecule has 0 amide bonds. The molecular weight excluding hydrogens is 259 g/mol. The first-order valence-corrected chi connectivity index (χ1v) is 8.01. The Morgan fingerprint density at radius 2 is 2.21 bits per heavy atom. The molecule has 3 rings (SSSR count). The minimum Gasteiger partial charge on any atom is -0.361 e. The fraction of sp³-hybridized carbons (Fsp3) is 0.467. The van der Waals surface area contributed by atoms with Crippen LogP contribution in [0, 0.1) is 5.82 Å². The van der Waals surface area contributed by atoms with Gasteiger partial charge in [0.2, 0.25) is 0 Å². The largest absolute Gasteiger partial charge is 0.361 e. The Kier molecular flexibility index (Phi) is 3.80. The average molecular weight is 278 g/mol. The van der Waals surface area contributed by atoms with Gasteiger partial charge in [0, 0.05) is 30.2 Å². The second-order valence-corrected chi connectivity index (χ2v) is 6.05. The van der Waals surface area contributed by atoms with Crippen LogP contribution >= 0.6 is 11.9 Å². The second-order valence-electron chi connectivity index (χ2n) is 5.17. The average Bonchev–Trinajstić information content (AvgIpc) is 2.68. The van der Waals surface area contributed by atoms with E-state index in [9.17, 15) is 4.39 Å². The maximum absolute atomic E-state index is 13.2. The molecular formula is C15H19FN2S. The number of fused-ring (bicyclic) bond motifs is 1. The summed E-state index contributed by atoms with van der Waals surface area (Å²) in [5, 5.41) is 1.18. The van der Waals surface area contributed by atoms with E-state index in [1.165, 1.54) is 36.8 Å². The molecule has 1 N–H and O–H groups in total. The Balaban J connectivity index is 1.87. The lowest BCUT2D eigenvalue weighted by Crippen LogP contribution is -2.15. The Hall–Kier alpha value is -1.00. The topological polar surface area (TPSA) is 19.0 Å². The number of rotatable bonds is 2. The summed E-state index contributed by atoms with van der Waals surface area (Å²) in [7, 11) is 0. The summed E-state index contributed by atoms with van der Waals surface area (Å²) in [5.74, 6) is 0.423. The van der Waals surface area contributed by atoms with Gasteiger partial charge >= 0.3 is 0 Å². The van der Waals surface area contributed by atoms with Gasteiger partial charge in [-0.2, -0.15) is 0 Å². The number of nitrogens with zero attached hydrogens (tertiary/aromatic N) is 1. The van der Waals surface area contributed by atoms with Crippen molar-refractivity contribution in [2.45, 2.75) is 25.2 Å². The van der Waals surface area contributed by atoms with Gasteiger partial charge in [-0.25, -0.2) is 4.39 Å². The molecule has 2 heterocycles. The van der Waals surface area contributed by atoms with Gasteiger partial charge in [-0.15, -0.1) is 0 Å². The second kappa shape index (κ2) is 5.55. The minimum atomic E-state index is -0.171. The van der Waals surface area contributed by atoms with E-state index in [2.05, 4.69) is 21.7 Å². The van der Waals surface area contributed by atoms with Gasteiger partial charge in [0.1, 0.15) is 5.82 Å². The summed E-state index contributed by atoms with van der Waals surface area (Å²) in [6.07, 6.45) is 7.87. The molecule has 1 aliphatic heterocycles. The fourth-order valence-corrected chi connectivity index (χ4v) is 3.62. The number of hydrogen-bond acceptors (Lipinski definition) is 2. The van der Waals surface area contributed by atoms with E-state index in [0.29, 0.717) is 5.92 Å². The van der Waals surface area contributed by atoms with Crippen LogP contribution in [0.1, 0.15) is 30.7 Å². The summed E-state index contributed by atoms with van der Waals surface area (Å²) in [6.45, 7) is 2.31. The Bertz CT molecular complexity index is 566. The summed E-state index contributed by atoms with van der Waals surface area (Å²) < 4.78 is 15.7. The van der Waals surface area contributed by atoms with Crippen molar-refractivity contribution in [3.05, 3.63) is 35.8 Å². The minimum absolute atomic E-state index is 0.171. The van der Waals surface area contributed by atoms with Crippen LogP contribution in [-0.2, 0) is 0 Å². The van der Waals surface area contributed by atoms with E-state index in [1.54, 1.807) is 12.1 Å². The first-order chi connectivity index (χ1) is 9.28. The highest BCUT2D eigenvalue weighted by Gasteiger charge is 2.20. The normalized spacial score (nSPS) is 21.7. The molecule has 0 saturated carbocycles. The summed E-state index contributed by atoms with van der Waals surface area (Å²) in [4.78, 5) is 3.21. The monoisotopic (exact) mass is 278 g/mol. The van der Waals surface area contributed by atoms with Crippen molar-refractivity contribution in [1.29, 1.82) is 0 Å². The Morgan fingerprint density at radius 3 is 3.05 bits per heavy atom. The van der Waals surface area contributed by atoms with E-state index in [1.807, 2.05) is 18.0 Å². The number of nitrogens with one attached hydrogen (secondary N) is 1. The van der Waals surface area contributed by atoms with E-state index >= 15 is 0 Å². The molecule has 2 nitrogen and oxygen atoms in total. The summed E-state index contributed by atoms with van der Waals surface area (Å²) in [6, 6.07) is 5.06. The third kappa shape index (κ3) is 2.65. The van der Waals surface area contributed by atoms with E-state index < -0.39 is 0 Å². The quantitative estimate of drug-likeness (QED) is 0.832. The standard InChI is InChI=1S/C15H19FN2S/c1-19-18-7-2-3-11(6-8-18)14-10-17-15-9-12(16)4-5-13(14)15/h4-5,9-11,17H,2-3,6-8H2,1H3. The number of aromatic amines is 1. The van der Waals surface area contributed by atoms with Crippen LogP contribution in [0.2, 0.25) is 0 Å². The molecule has 1 saturated heterocycles. The van der Waals surface area contributed by atoms with Crippen molar-refractivity contribution in [2.75, 3.05) is 19.3 Å². The van der Waals surface area contributed by atoms with Crippen molar-refractivity contribution in [2.24, 2.45) is 0 Å². The molecule has 102 valence electrons. The molecule has 2 aromatic rings. The zero-order chi connectivity index (χ0) is 13.2. The van der Waals surface area contributed by atoms with Crippen LogP contribution in [0.5, 0.6) is 0 Å². The molecule has 0 spiro atoms. The molecule has 1 fully saturated rings. The molecule has 0 bridgehead atoms. The number of halogens is 1. The van der Waals surface area contributed by atoms with Crippen molar-refractivity contribution >= 4 is 22.9 Å². The molecule has 19 heavy (non-hydrogen) atoms. The van der Waals surface area contributed by atoms with Gasteiger partial charge in [-0.3, -0.25) is 4.31 Å². The molecule has 0 radical (unpaired) electrons. The van der Waals surface area contributed by atoms with E-state index in [0.717, 1.165) is 12.1 Å². The maximum Gasteiger partial charge on any atom is 0.125 e. The molecule has 1 atom stereocenters. The van der Waals surface area contributed by atoms with Crippen LogP contribution in [0.3, 0.4) is 0 Å². The molecule has 1 aliphatic rings. The van der Waals surface area contributed by atoms with E-state index in [4.69, 9.17) is 0 Å². The molecule has 1 aromatic carbocycles. The zero-order valence-electron chi connectivity index (χ0n) is 11.2. The first kappa shape index (κ1) is 13.0. The summed E-state index contributed by atoms with van der Waals surface area (Å²) >= 11 is 1.84. The highest BCUT2D eigenvalue weighted by Crippen LogP contribution is 2.34. The number of aromatic nitrogens is 1. The lowest BCUT2D eigenvalue weighted by Gasteiger charge is -2.16. The van der Waals surface area contributed by atoms with Crippen molar-refractivity contribution in [3.8, 4) is 0 Å². The van der Waals surface area contributed by atoms with Crippen LogP contribution in [-0.4, -0.2) is 28.6 Å². The highest BCUT2D eigenvalue weighted by molar-refractivity contribution is 7.96. The van der Waals surface area contributed by atoms with Crippen LogP contribution in [0.15, 0.2) is 24.4 Å². The molecule has 0 aliphatic carbocycles. The number of H-pyrrole nitrogens is 1. The molecule has 4 heteroatoms. The lowest BCUT2D eigenvalue weighted by molar-refractivity contribution is 0.487. The summed E-state index contributed by atoms with van der Waals surface area (Å²) in [5.41, 5.74) is 2.28. The van der Waals surface area contributed by atoms with Crippen molar-refractivity contribution in [1.82, 2.24) is 9.29 Å². The van der Waals surface area contributed by atoms with Gasteiger partial charge in [0.05, 0.1) is 0 Å². The zero-order valence-corrected chi connectivity index (χ0v) is 12.0. The van der Waals surface area contributed by atoms with Gasteiger partial charge in [-0.1, -0.05) is 11.9 Å². The van der Waals surface area contributed by atoms with Crippen molar-refractivity contribution in [3.63, 3.8) is 0 Å². The molecule has 1 aromatic heterocycles. The van der Waals surface area contributed by atoms with Crippen LogP contribution in [0.25, 0.3) is 10.9 Å². The Labute approximate surface area is 117 Å². The maximum atomic E-state index is 13.2. The Morgan fingerprint density at radius 1 is 1.32 bits per heavy atom. The molecule has 1 unspecified atom stereocenters. The third-order valence-electron chi connectivity index (χ3n) is 4.06. The first-order valence-electron chi connectivity index (χ1n) is 6.83. The van der Waals surface area contributed by atoms with Gasteiger partial charge in [0.15, 0.2) is 0 Å². The lowest BCUT2D eigenvalue weighted by atomic mass is 9.92. The van der Waals surface area contributed by atoms with Gasteiger partial charge in [0.25, 0.3) is 0 Å². The number of benzene rings is 1.